The Balaban J connectivity index is 1.35. The third-order valence-electron chi connectivity index (χ3n) is 8.14. The molecule has 3 aromatic heterocycles. The van der Waals surface area contributed by atoms with Gasteiger partial charge in [0.15, 0.2) is 21.8 Å². The van der Waals surface area contributed by atoms with Crippen LogP contribution < -0.4 is 10.6 Å². The third kappa shape index (κ3) is 4.06. The first-order chi connectivity index (χ1) is 17.3. The lowest BCUT2D eigenvalue weighted by Crippen LogP contribution is -2.33. The number of rotatable bonds is 7. The number of nitrogens with zero attached hydrogens (tertiary/aromatic N) is 4. The minimum atomic E-state index is -0.336. The Morgan fingerprint density at radius 1 is 1.39 bits per heavy atom. The SMILES string of the molecule is CCC(CC1C2C=CC(C2)C1C(N)=O)c1c(Br)cnc2nc(-c3sc(N4CCC(O)C4)nc3Cl)[nH]c12. The van der Waals surface area contributed by atoms with Crippen LogP contribution in [-0.4, -0.2) is 50.1 Å². The Labute approximate surface area is 226 Å². The Morgan fingerprint density at radius 2 is 2.19 bits per heavy atom. The van der Waals surface area contributed by atoms with Crippen molar-refractivity contribution in [3.63, 3.8) is 0 Å². The zero-order valence-corrected chi connectivity index (χ0v) is 23.0. The molecule has 0 radical (unpaired) electrons. The number of imidazole rings is 1. The smallest absolute Gasteiger partial charge is 0.221 e. The average molecular weight is 592 g/mol. The number of amides is 1. The van der Waals surface area contributed by atoms with Crippen LogP contribution >= 0.6 is 38.9 Å². The van der Waals surface area contributed by atoms with Gasteiger partial charge in [0.25, 0.3) is 0 Å². The van der Waals surface area contributed by atoms with Gasteiger partial charge in [0.1, 0.15) is 4.88 Å². The lowest BCUT2D eigenvalue weighted by atomic mass is 9.75. The standard InChI is InChI=1S/C25H28BrClN6O2S/c1-2-11(8-15-12-3-4-13(7-12)17(15)22(28)35)18-16(26)9-29-23-19(18)30-24(32-23)20-21(27)31-25(36-20)33-6-5-14(34)10-33/h3-4,9,11-15,17,34H,2,5-8,10H2,1H3,(H2,28,35)(H,29,30,32). The molecule has 2 aliphatic carbocycles. The van der Waals surface area contributed by atoms with Crippen LogP contribution in [0.4, 0.5) is 5.13 Å². The Hall–Kier alpha value is -2.01. The van der Waals surface area contributed by atoms with E-state index in [1.54, 1.807) is 0 Å². The van der Waals surface area contributed by atoms with E-state index in [4.69, 9.17) is 22.3 Å². The van der Waals surface area contributed by atoms with Crippen molar-refractivity contribution >= 4 is 61.1 Å². The van der Waals surface area contributed by atoms with E-state index in [1.807, 2.05) is 6.20 Å². The lowest BCUT2D eigenvalue weighted by molar-refractivity contribution is -0.124. The number of aromatic amines is 1. The highest BCUT2D eigenvalue weighted by Gasteiger charge is 2.47. The van der Waals surface area contributed by atoms with E-state index in [-0.39, 0.29) is 35.7 Å². The van der Waals surface area contributed by atoms with Gasteiger partial charge < -0.3 is 20.7 Å². The molecule has 190 valence electrons. The van der Waals surface area contributed by atoms with E-state index in [2.05, 4.69) is 54.9 Å². The summed E-state index contributed by atoms with van der Waals surface area (Å²) in [5, 5.41) is 11.1. The molecule has 0 spiro atoms. The molecular formula is C25H28BrClN6O2S. The number of nitrogens with one attached hydrogen (secondary N) is 1. The first kappa shape index (κ1) is 24.3. The quantitative estimate of drug-likeness (QED) is 0.337. The summed E-state index contributed by atoms with van der Waals surface area (Å²) in [6.07, 6.45) is 9.47. The molecule has 1 aliphatic heterocycles. The lowest BCUT2D eigenvalue weighted by Gasteiger charge is -2.29. The van der Waals surface area contributed by atoms with E-state index >= 15 is 0 Å². The number of halogens is 2. The molecule has 11 heteroatoms. The summed E-state index contributed by atoms with van der Waals surface area (Å²) < 4.78 is 0.925. The molecule has 1 amide bonds. The van der Waals surface area contributed by atoms with E-state index in [9.17, 15) is 9.90 Å². The predicted molar refractivity (Wildman–Crippen MR) is 145 cm³/mol. The first-order valence-electron chi connectivity index (χ1n) is 12.5. The number of aliphatic hydroxyl groups is 1. The number of pyridine rings is 1. The van der Waals surface area contributed by atoms with E-state index in [1.165, 1.54) is 11.3 Å². The van der Waals surface area contributed by atoms with Crippen molar-refractivity contribution < 1.29 is 9.90 Å². The summed E-state index contributed by atoms with van der Waals surface area (Å²) >= 11 is 11.8. The first-order valence-corrected chi connectivity index (χ1v) is 14.4. The number of carbonyl (C=O) groups is 1. The maximum absolute atomic E-state index is 12.3. The number of aliphatic hydroxyl groups excluding tert-OH is 1. The van der Waals surface area contributed by atoms with Gasteiger partial charge in [-0.3, -0.25) is 4.79 Å². The normalized spacial score (nSPS) is 28.0. The fraction of sp³-hybridized carbons (Fsp3) is 0.520. The summed E-state index contributed by atoms with van der Waals surface area (Å²) in [4.78, 5) is 32.5. The molecule has 2 fully saturated rings. The average Bonchev–Trinajstić information content (AvgIpc) is 3.65. The van der Waals surface area contributed by atoms with Crippen LogP contribution in [-0.2, 0) is 4.79 Å². The Bertz CT molecular complexity index is 1360. The highest BCUT2D eigenvalue weighted by Crippen LogP contribution is 2.52. The highest BCUT2D eigenvalue weighted by atomic mass is 79.9. The molecule has 1 saturated carbocycles. The summed E-state index contributed by atoms with van der Waals surface area (Å²) in [6, 6.07) is 0. The number of thiazole rings is 1. The van der Waals surface area contributed by atoms with Crippen LogP contribution in [0.25, 0.3) is 21.9 Å². The third-order valence-corrected chi connectivity index (χ3v) is 10.3. The van der Waals surface area contributed by atoms with Crippen LogP contribution in [0.3, 0.4) is 0 Å². The minimum Gasteiger partial charge on any atom is -0.391 e. The fourth-order valence-corrected chi connectivity index (χ4v) is 8.33. The molecule has 1 saturated heterocycles. The zero-order chi connectivity index (χ0) is 25.1. The molecule has 6 atom stereocenters. The minimum absolute atomic E-state index is 0.0963. The Kier molecular flexibility index (Phi) is 6.34. The molecule has 6 unspecified atom stereocenters. The number of carbonyl (C=O) groups excluding carboxylic acids is 1. The van der Waals surface area contributed by atoms with Gasteiger partial charge in [0.2, 0.25) is 5.91 Å². The second-order valence-corrected chi connectivity index (χ2v) is 12.4. The van der Waals surface area contributed by atoms with E-state index < -0.39 is 0 Å². The summed E-state index contributed by atoms with van der Waals surface area (Å²) in [5.74, 6) is 1.49. The molecule has 4 heterocycles. The number of anilines is 1. The van der Waals surface area contributed by atoms with Gasteiger partial charge in [0, 0.05) is 29.7 Å². The number of allylic oxidation sites excluding steroid dienone is 2. The number of nitrogens with two attached hydrogens (primary N) is 1. The second kappa shape index (κ2) is 9.38. The van der Waals surface area contributed by atoms with Crippen molar-refractivity contribution in [2.24, 2.45) is 29.4 Å². The maximum atomic E-state index is 12.3. The van der Waals surface area contributed by atoms with Crippen LogP contribution in [0.1, 0.15) is 44.1 Å². The molecule has 3 aliphatic rings. The molecule has 8 nitrogen and oxygen atoms in total. The number of primary amides is 1. The van der Waals surface area contributed by atoms with Crippen LogP contribution in [0.5, 0.6) is 0 Å². The number of hydrogen-bond donors (Lipinski definition) is 3. The van der Waals surface area contributed by atoms with Crippen molar-refractivity contribution in [1.29, 1.82) is 0 Å². The summed E-state index contributed by atoms with van der Waals surface area (Å²) in [7, 11) is 0. The van der Waals surface area contributed by atoms with Crippen LogP contribution in [0.2, 0.25) is 5.15 Å². The number of fused-ring (bicyclic) bond motifs is 3. The van der Waals surface area contributed by atoms with Crippen molar-refractivity contribution in [3.05, 3.63) is 33.5 Å². The van der Waals surface area contributed by atoms with E-state index in [0.29, 0.717) is 29.1 Å². The van der Waals surface area contributed by atoms with Crippen molar-refractivity contribution in [2.75, 3.05) is 18.0 Å². The molecule has 4 N–H and O–H groups in total. The molecule has 2 bridgehead atoms. The molecule has 36 heavy (non-hydrogen) atoms. The zero-order valence-electron chi connectivity index (χ0n) is 19.8. The largest absolute Gasteiger partial charge is 0.391 e. The van der Waals surface area contributed by atoms with Crippen molar-refractivity contribution in [3.8, 4) is 10.7 Å². The molecule has 0 aromatic carbocycles. The second-order valence-electron chi connectivity index (χ2n) is 10.2. The van der Waals surface area contributed by atoms with Gasteiger partial charge in [-0.05, 0) is 70.8 Å². The van der Waals surface area contributed by atoms with Gasteiger partial charge in [0.05, 0.1) is 11.6 Å². The van der Waals surface area contributed by atoms with E-state index in [0.717, 1.165) is 57.8 Å². The Morgan fingerprint density at radius 3 is 2.92 bits per heavy atom. The molecule has 3 aromatic rings. The highest BCUT2D eigenvalue weighted by molar-refractivity contribution is 9.10. The van der Waals surface area contributed by atoms with Gasteiger partial charge in [-0.25, -0.2) is 15.0 Å². The molecular weight excluding hydrogens is 564 g/mol. The fourth-order valence-electron chi connectivity index (χ4n) is 6.43. The number of β-amino-alcohol motifs (C(OH)–C–C–N with tert-alkyl or cyclic N) is 1. The number of hydrogen-bond acceptors (Lipinski definition) is 7. The molecule has 6 rings (SSSR count). The summed E-state index contributed by atoms with van der Waals surface area (Å²) in [6.45, 7) is 3.50. The van der Waals surface area contributed by atoms with Gasteiger partial charge in [-0.1, -0.05) is 42.0 Å². The van der Waals surface area contributed by atoms with Gasteiger partial charge >= 0.3 is 0 Å². The van der Waals surface area contributed by atoms with Crippen LogP contribution in [0.15, 0.2) is 22.8 Å². The van der Waals surface area contributed by atoms with Gasteiger partial charge in [-0.2, -0.15) is 0 Å². The van der Waals surface area contributed by atoms with Crippen molar-refractivity contribution in [1.82, 2.24) is 19.9 Å². The van der Waals surface area contributed by atoms with Crippen LogP contribution in [0, 0.1) is 23.7 Å². The monoisotopic (exact) mass is 590 g/mol. The van der Waals surface area contributed by atoms with Crippen molar-refractivity contribution in [2.45, 2.75) is 44.6 Å². The topological polar surface area (TPSA) is 121 Å². The number of H-pyrrole nitrogens is 1. The number of aromatic nitrogens is 4. The van der Waals surface area contributed by atoms with Gasteiger partial charge in [-0.15, -0.1) is 0 Å². The predicted octanol–water partition coefficient (Wildman–Crippen LogP) is 4.88. The maximum Gasteiger partial charge on any atom is 0.221 e. The summed E-state index contributed by atoms with van der Waals surface area (Å²) in [5.41, 5.74) is 8.48.